The molecule has 1 saturated heterocycles. The van der Waals surface area contributed by atoms with E-state index in [1.54, 1.807) is 6.07 Å². The molecule has 216 valence electrons. The summed E-state index contributed by atoms with van der Waals surface area (Å²) >= 11 is 5.85. The number of anilines is 2. The fraction of sp³-hybridized carbons (Fsp3) is 0.407. The monoisotopic (exact) mass is 612 g/mol. The highest BCUT2D eigenvalue weighted by Gasteiger charge is 2.19. The molecule has 1 aromatic carbocycles. The number of hydrogen-bond donors (Lipinski definition) is 1. The first-order valence-corrected chi connectivity index (χ1v) is 13.3. The molecule has 1 aliphatic heterocycles. The number of hydrogen-bond acceptors (Lipinski definition) is 7. The second kappa shape index (κ2) is 13.8. The van der Waals surface area contributed by atoms with E-state index in [-0.39, 0.29) is 48.0 Å². The van der Waals surface area contributed by atoms with Gasteiger partial charge in [-0.25, -0.2) is 28.7 Å². The molecule has 0 aliphatic carbocycles. The molecule has 40 heavy (non-hydrogen) atoms. The van der Waals surface area contributed by atoms with Gasteiger partial charge in [-0.15, -0.1) is 36.4 Å². The zero-order valence-corrected chi connectivity index (χ0v) is 25.0. The summed E-state index contributed by atoms with van der Waals surface area (Å²) in [4.78, 5) is 22.0. The van der Waals surface area contributed by atoms with Crippen molar-refractivity contribution in [2.75, 3.05) is 43.9 Å². The predicted octanol–water partition coefficient (Wildman–Crippen LogP) is 6.00. The van der Waals surface area contributed by atoms with Crippen LogP contribution >= 0.6 is 36.4 Å². The van der Waals surface area contributed by atoms with Crippen LogP contribution in [0, 0.1) is 18.6 Å². The molecule has 5 rings (SSSR count). The SMILES string of the molecule is Cc1nc2c(F)cc(-c3nc(Nc4ccc(CN5CCN(CCCl)CC5)cn4)ncc3F)cc2n1C(C)C.Cl.Cl. The second-order valence-corrected chi connectivity index (χ2v) is 10.2. The van der Waals surface area contributed by atoms with E-state index in [2.05, 4.69) is 35.1 Å². The maximum atomic E-state index is 14.9. The lowest BCUT2D eigenvalue weighted by Crippen LogP contribution is -2.46. The van der Waals surface area contributed by atoms with Gasteiger partial charge in [-0.1, -0.05) is 6.07 Å². The Morgan fingerprint density at radius 2 is 1.68 bits per heavy atom. The summed E-state index contributed by atoms with van der Waals surface area (Å²) in [6, 6.07) is 6.90. The molecule has 1 aliphatic rings. The zero-order chi connectivity index (χ0) is 26.8. The number of imidazole rings is 1. The number of nitrogens with zero attached hydrogens (tertiary/aromatic N) is 7. The lowest BCUT2D eigenvalue weighted by molar-refractivity contribution is 0.132. The Balaban J connectivity index is 0.00000220. The van der Waals surface area contributed by atoms with Crippen molar-refractivity contribution in [3.05, 3.63) is 59.7 Å². The summed E-state index contributed by atoms with van der Waals surface area (Å²) < 4.78 is 31.7. The number of pyridine rings is 1. The van der Waals surface area contributed by atoms with E-state index >= 15 is 0 Å². The van der Waals surface area contributed by atoms with Crippen LogP contribution in [0.25, 0.3) is 22.3 Å². The minimum atomic E-state index is -0.643. The first-order chi connectivity index (χ1) is 18.3. The summed E-state index contributed by atoms with van der Waals surface area (Å²) in [6.07, 6.45) is 2.90. The minimum Gasteiger partial charge on any atom is -0.326 e. The molecule has 4 heterocycles. The first kappa shape index (κ1) is 31.9. The van der Waals surface area contributed by atoms with Crippen LogP contribution in [0.15, 0.2) is 36.7 Å². The van der Waals surface area contributed by atoms with Gasteiger partial charge in [0.05, 0.1) is 11.7 Å². The summed E-state index contributed by atoms with van der Waals surface area (Å²) in [7, 11) is 0. The fourth-order valence-electron chi connectivity index (χ4n) is 4.94. The van der Waals surface area contributed by atoms with Crippen LogP contribution in [0.5, 0.6) is 0 Å². The molecular weight excluding hydrogens is 581 g/mol. The number of piperazine rings is 1. The fourth-order valence-corrected chi connectivity index (χ4v) is 5.18. The number of aryl methyl sites for hydroxylation is 1. The van der Waals surface area contributed by atoms with E-state index in [4.69, 9.17) is 11.6 Å². The molecule has 8 nitrogen and oxygen atoms in total. The van der Waals surface area contributed by atoms with Crippen LogP contribution in [0.1, 0.15) is 31.3 Å². The van der Waals surface area contributed by atoms with Gasteiger partial charge < -0.3 is 9.88 Å². The third-order valence-corrected chi connectivity index (χ3v) is 6.96. The highest BCUT2D eigenvalue weighted by Crippen LogP contribution is 2.30. The Morgan fingerprint density at radius 1 is 0.950 bits per heavy atom. The lowest BCUT2D eigenvalue weighted by Gasteiger charge is -2.34. The number of nitrogens with one attached hydrogen (secondary N) is 1. The van der Waals surface area contributed by atoms with E-state index in [9.17, 15) is 8.78 Å². The summed E-state index contributed by atoms with van der Waals surface area (Å²) in [5.41, 5.74) is 2.27. The quantitative estimate of drug-likeness (QED) is 0.244. The number of aromatic nitrogens is 5. The van der Waals surface area contributed by atoms with Gasteiger partial charge in [0.25, 0.3) is 0 Å². The molecule has 1 fully saturated rings. The van der Waals surface area contributed by atoms with Crippen molar-refractivity contribution >= 4 is 59.2 Å². The highest BCUT2D eigenvalue weighted by atomic mass is 35.5. The molecule has 0 radical (unpaired) electrons. The van der Waals surface area contributed by atoms with E-state index in [1.165, 1.54) is 6.07 Å². The highest BCUT2D eigenvalue weighted by molar-refractivity contribution is 6.18. The van der Waals surface area contributed by atoms with Gasteiger partial charge in [-0.2, -0.15) is 0 Å². The largest absolute Gasteiger partial charge is 0.326 e. The third kappa shape index (κ3) is 6.98. The summed E-state index contributed by atoms with van der Waals surface area (Å²) in [5, 5.41) is 3.03. The van der Waals surface area contributed by atoms with Gasteiger partial charge in [0.15, 0.2) is 11.6 Å². The number of halogens is 5. The predicted molar refractivity (Wildman–Crippen MR) is 160 cm³/mol. The molecule has 0 unspecified atom stereocenters. The van der Waals surface area contributed by atoms with E-state index < -0.39 is 11.6 Å². The maximum absolute atomic E-state index is 14.9. The third-order valence-electron chi connectivity index (χ3n) is 6.80. The Kier molecular flexibility index (Phi) is 11.0. The Labute approximate surface area is 250 Å². The van der Waals surface area contributed by atoms with E-state index in [1.807, 2.05) is 43.7 Å². The molecule has 4 aromatic rings. The number of rotatable bonds is 8. The van der Waals surface area contributed by atoms with Gasteiger partial charge >= 0.3 is 0 Å². The minimum absolute atomic E-state index is 0. The van der Waals surface area contributed by atoms with Crippen LogP contribution < -0.4 is 5.32 Å². The Bertz CT molecular complexity index is 1420. The van der Waals surface area contributed by atoms with Gasteiger partial charge in [0.2, 0.25) is 5.95 Å². The molecule has 0 atom stereocenters. The van der Waals surface area contributed by atoms with E-state index in [0.717, 1.165) is 51.0 Å². The van der Waals surface area contributed by atoms with Crippen LogP contribution in [0.2, 0.25) is 0 Å². The van der Waals surface area contributed by atoms with Crippen LogP contribution in [-0.4, -0.2) is 72.9 Å². The maximum Gasteiger partial charge on any atom is 0.229 e. The summed E-state index contributed by atoms with van der Waals surface area (Å²) in [6.45, 7) is 11.6. The van der Waals surface area contributed by atoms with Crippen molar-refractivity contribution in [1.29, 1.82) is 0 Å². The first-order valence-electron chi connectivity index (χ1n) is 12.8. The molecule has 0 amide bonds. The molecule has 0 saturated carbocycles. The van der Waals surface area contributed by atoms with Crippen molar-refractivity contribution in [2.24, 2.45) is 0 Å². The van der Waals surface area contributed by atoms with Crippen molar-refractivity contribution in [1.82, 2.24) is 34.3 Å². The molecule has 0 bridgehead atoms. The average Bonchev–Trinajstić information content (AvgIpc) is 3.24. The number of alkyl halides is 1. The molecule has 13 heteroatoms. The van der Waals surface area contributed by atoms with E-state index in [0.29, 0.717) is 28.6 Å². The molecular formula is C27H33Cl3F2N8. The van der Waals surface area contributed by atoms with Crippen LogP contribution in [0.4, 0.5) is 20.5 Å². The molecule has 3 aromatic heterocycles. The smallest absolute Gasteiger partial charge is 0.229 e. The second-order valence-electron chi connectivity index (χ2n) is 9.82. The Hall–Kier alpha value is -2.63. The van der Waals surface area contributed by atoms with Crippen molar-refractivity contribution < 1.29 is 8.78 Å². The average molecular weight is 614 g/mol. The summed E-state index contributed by atoms with van der Waals surface area (Å²) in [5.74, 6) is 0.897. The standard InChI is InChI=1S/C27H31ClF2N8.2ClH/c1-17(2)38-18(3)33-26-21(29)12-20(13-23(26)38)25-22(30)15-32-27(35-25)34-24-5-4-19(14-31-24)16-37-10-8-36(7-6-28)9-11-37;;/h4-5,12-15,17H,6-11,16H2,1-3H3,(H,31,32,34,35);2*1H. The number of fused-ring (bicyclic) bond motifs is 1. The lowest BCUT2D eigenvalue weighted by atomic mass is 10.1. The Morgan fingerprint density at radius 3 is 2.33 bits per heavy atom. The molecule has 0 spiro atoms. The zero-order valence-electron chi connectivity index (χ0n) is 22.6. The van der Waals surface area contributed by atoms with Crippen LogP contribution in [0.3, 0.4) is 0 Å². The van der Waals surface area contributed by atoms with Gasteiger partial charge in [0.1, 0.15) is 22.9 Å². The normalized spacial score (nSPS) is 14.3. The van der Waals surface area contributed by atoms with Crippen molar-refractivity contribution in [2.45, 2.75) is 33.4 Å². The van der Waals surface area contributed by atoms with Crippen LogP contribution in [-0.2, 0) is 6.54 Å². The topological polar surface area (TPSA) is 75.0 Å². The van der Waals surface area contributed by atoms with Gasteiger partial charge in [-0.3, -0.25) is 9.80 Å². The van der Waals surface area contributed by atoms with Gasteiger partial charge in [0, 0.05) is 63.0 Å². The van der Waals surface area contributed by atoms with Crippen molar-refractivity contribution in [3.8, 4) is 11.3 Å². The number of benzene rings is 1. The molecule has 1 N–H and O–H groups in total. The van der Waals surface area contributed by atoms with Crippen molar-refractivity contribution in [3.63, 3.8) is 0 Å². The van der Waals surface area contributed by atoms with Gasteiger partial charge in [-0.05, 0) is 44.5 Å².